The summed E-state index contributed by atoms with van der Waals surface area (Å²) in [5, 5.41) is 7.39. The molecule has 5 rings (SSSR count). The highest BCUT2D eigenvalue weighted by atomic mass is 16.5. The monoisotopic (exact) mass is 433 g/mol. The molecular weight excluding hydrogens is 406 g/mol. The van der Waals surface area contributed by atoms with Crippen molar-refractivity contribution >= 4 is 28.5 Å². The molecule has 0 aromatic carbocycles. The van der Waals surface area contributed by atoms with Crippen LogP contribution in [0.25, 0.3) is 27.8 Å². The number of carbonyl (C=O) groups is 1. The van der Waals surface area contributed by atoms with E-state index < -0.39 is 0 Å². The van der Waals surface area contributed by atoms with Crippen LogP contribution in [0.2, 0.25) is 0 Å². The van der Waals surface area contributed by atoms with Crippen molar-refractivity contribution in [2.75, 3.05) is 12.4 Å². The fourth-order valence-electron chi connectivity index (χ4n) is 4.65. The van der Waals surface area contributed by atoms with Gasteiger partial charge < -0.3 is 24.8 Å². The van der Waals surface area contributed by atoms with Crippen LogP contribution in [0.3, 0.4) is 0 Å². The average Bonchev–Trinajstić information content (AvgIpc) is 3.40. The van der Waals surface area contributed by atoms with E-state index in [0.29, 0.717) is 11.8 Å². The van der Waals surface area contributed by atoms with E-state index in [-0.39, 0.29) is 17.5 Å². The van der Waals surface area contributed by atoms with Gasteiger partial charge in [-0.2, -0.15) is 9.97 Å². The first-order valence-corrected chi connectivity index (χ1v) is 10.9. The Kier molecular flexibility index (Phi) is 4.96. The Hall–Kier alpha value is -3.62. The molecule has 4 heterocycles. The lowest BCUT2D eigenvalue weighted by molar-refractivity contribution is -0.121. The van der Waals surface area contributed by atoms with Gasteiger partial charge in [0.05, 0.1) is 12.5 Å². The first-order chi connectivity index (χ1) is 15.4. The number of aromatic nitrogens is 5. The molecule has 1 fully saturated rings. The normalized spacial score (nSPS) is 21.0. The molecule has 0 radical (unpaired) electrons. The highest BCUT2D eigenvalue weighted by Crippen LogP contribution is 2.35. The van der Waals surface area contributed by atoms with Crippen molar-refractivity contribution in [3.63, 3.8) is 0 Å². The number of hydrogen-bond donors (Lipinski definition) is 3. The third-order valence-corrected chi connectivity index (χ3v) is 6.29. The molecule has 0 bridgehead atoms. The predicted octanol–water partition coefficient (Wildman–Crippen LogP) is 3.53. The number of amides is 1. The van der Waals surface area contributed by atoms with Crippen molar-refractivity contribution < 1.29 is 9.53 Å². The summed E-state index contributed by atoms with van der Waals surface area (Å²) >= 11 is 0. The molecule has 0 unspecified atom stereocenters. The van der Waals surface area contributed by atoms with E-state index >= 15 is 0 Å². The van der Waals surface area contributed by atoms with E-state index in [1.165, 1.54) is 0 Å². The highest BCUT2D eigenvalue weighted by molar-refractivity contribution is 5.97. The van der Waals surface area contributed by atoms with E-state index in [1.807, 2.05) is 35.1 Å². The van der Waals surface area contributed by atoms with Crippen LogP contribution in [-0.2, 0) is 4.79 Å². The van der Waals surface area contributed by atoms with E-state index in [1.54, 1.807) is 20.2 Å². The number of carbonyl (C=O) groups excluding carboxylic acids is 1. The maximum Gasteiger partial charge on any atom is 0.228 e. The molecule has 1 amide bonds. The largest absolute Gasteiger partial charge is 0.480 e. The van der Waals surface area contributed by atoms with Gasteiger partial charge in [-0.05, 0) is 44.7 Å². The van der Waals surface area contributed by atoms with Gasteiger partial charge in [-0.1, -0.05) is 0 Å². The smallest absolute Gasteiger partial charge is 0.228 e. The van der Waals surface area contributed by atoms with Crippen molar-refractivity contribution in [2.45, 2.75) is 51.1 Å². The van der Waals surface area contributed by atoms with Crippen molar-refractivity contribution in [3.8, 4) is 17.0 Å². The first kappa shape index (κ1) is 20.3. The van der Waals surface area contributed by atoms with Crippen molar-refractivity contribution in [3.05, 3.63) is 36.9 Å². The minimum atomic E-state index is -0.142. The van der Waals surface area contributed by atoms with Gasteiger partial charge >= 0.3 is 0 Å². The maximum absolute atomic E-state index is 11.5. The summed E-state index contributed by atoms with van der Waals surface area (Å²) in [6.45, 7) is 3.68. The second-order valence-electron chi connectivity index (χ2n) is 8.75. The zero-order chi connectivity index (χ0) is 22.3. The summed E-state index contributed by atoms with van der Waals surface area (Å²) in [7, 11) is 1.63. The van der Waals surface area contributed by atoms with E-state index in [4.69, 9.17) is 9.72 Å². The number of rotatable bonds is 5. The molecule has 0 atom stereocenters. The summed E-state index contributed by atoms with van der Waals surface area (Å²) in [5.41, 5.74) is 3.47. The maximum atomic E-state index is 11.5. The average molecular weight is 434 g/mol. The van der Waals surface area contributed by atoms with E-state index in [9.17, 15) is 4.79 Å². The number of imidazole rings is 1. The molecule has 4 aromatic heterocycles. The number of methoxy groups -OCH3 is 1. The molecule has 4 aromatic rings. The van der Waals surface area contributed by atoms with Crippen LogP contribution >= 0.6 is 0 Å². The Morgan fingerprint density at radius 3 is 2.84 bits per heavy atom. The quantitative estimate of drug-likeness (QED) is 0.444. The minimum absolute atomic E-state index is 0.0205. The number of H-pyrrole nitrogens is 1. The minimum Gasteiger partial charge on any atom is -0.480 e. The molecule has 1 aliphatic carbocycles. The molecule has 0 spiro atoms. The Morgan fingerprint density at radius 1 is 1.28 bits per heavy atom. The van der Waals surface area contributed by atoms with Crippen LogP contribution in [0.1, 0.15) is 39.5 Å². The lowest BCUT2D eigenvalue weighted by Gasteiger charge is -2.38. The molecule has 0 saturated heterocycles. The van der Waals surface area contributed by atoms with Crippen molar-refractivity contribution in [1.82, 2.24) is 29.7 Å². The van der Waals surface area contributed by atoms with Gasteiger partial charge in [-0.25, -0.2) is 4.98 Å². The molecule has 166 valence electrons. The number of nitrogens with zero attached hydrogens (tertiary/aromatic N) is 4. The van der Waals surface area contributed by atoms with Crippen LogP contribution in [0, 0.1) is 0 Å². The summed E-state index contributed by atoms with van der Waals surface area (Å²) in [6.07, 6.45) is 11.3. The summed E-state index contributed by atoms with van der Waals surface area (Å²) in [5.74, 6) is 1.09. The molecule has 1 aliphatic rings. The molecule has 0 aliphatic heterocycles. The Morgan fingerprint density at radius 2 is 2.09 bits per heavy atom. The van der Waals surface area contributed by atoms with E-state index in [2.05, 4.69) is 32.5 Å². The van der Waals surface area contributed by atoms with Gasteiger partial charge in [0.1, 0.15) is 11.3 Å². The first-order valence-electron chi connectivity index (χ1n) is 10.9. The molecule has 1 saturated carbocycles. The topological polar surface area (TPSA) is 109 Å². The Labute approximate surface area is 185 Å². The van der Waals surface area contributed by atoms with Crippen molar-refractivity contribution in [1.29, 1.82) is 0 Å². The van der Waals surface area contributed by atoms with Gasteiger partial charge in [-0.15, -0.1) is 0 Å². The number of fused-ring (bicyclic) bond motifs is 2. The zero-order valence-electron chi connectivity index (χ0n) is 18.5. The number of hydrogen-bond acceptors (Lipinski definition) is 6. The fraction of sp³-hybridized carbons (Fsp3) is 0.391. The summed E-state index contributed by atoms with van der Waals surface area (Å²) in [4.78, 5) is 28.4. The predicted molar refractivity (Wildman–Crippen MR) is 123 cm³/mol. The standard InChI is InChI=1S/C23H27N7O2/c1-14(31)29-23(2)8-6-16(7-9-23)26-22-27-20-19(21(28-22)32-3)17(12-25-20)15-4-5-18-24-10-11-30(18)13-15/h4-5,10-13,16H,6-9H2,1-3H3,(H,29,31)(H2,25,26,27,28)/t16-,23-. The second-order valence-corrected chi connectivity index (χ2v) is 8.75. The van der Waals surface area contributed by atoms with Gasteiger partial charge in [0.15, 0.2) is 0 Å². The number of anilines is 1. The SMILES string of the molecule is COc1nc(N[C@H]2CC[C@](C)(NC(C)=O)CC2)nc2[nH]cc(-c3ccc4nccn4c3)c12. The lowest BCUT2D eigenvalue weighted by atomic mass is 9.81. The van der Waals surface area contributed by atoms with Gasteiger partial charge in [0, 0.05) is 54.4 Å². The number of ether oxygens (including phenoxy) is 1. The van der Waals surface area contributed by atoms with Crippen LogP contribution in [0.15, 0.2) is 36.9 Å². The summed E-state index contributed by atoms with van der Waals surface area (Å²) < 4.78 is 7.63. The molecule has 3 N–H and O–H groups in total. The van der Waals surface area contributed by atoms with Gasteiger partial charge in [0.2, 0.25) is 17.7 Å². The van der Waals surface area contributed by atoms with Crippen LogP contribution < -0.4 is 15.4 Å². The highest BCUT2D eigenvalue weighted by Gasteiger charge is 2.32. The van der Waals surface area contributed by atoms with Gasteiger partial charge in [0.25, 0.3) is 0 Å². The third kappa shape index (κ3) is 3.74. The van der Waals surface area contributed by atoms with E-state index in [0.717, 1.165) is 53.5 Å². The van der Waals surface area contributed by atoms with Crippen LogP contribution in [0.4, 0.5) is 5.95 Å². The van der Waals surface area contributed by atoms with Crippen molar-refractivity contribution in [2.24, 2.45) is 0 Å². The molecule has 9 heteroatoms. The Balaban J connectivity index is 1.40. The lowest BCUT2D eigenvalue weighted by Crippen LogP contribution is -2.49. The third-order valence-electron chi connectivity index (χ3n) is 6.29. The molecule has 32 heavy (non-hydrogen) atoms. The second kappa shape index (κ2) is 7.81. The number of pyridine rings is 1. The number of aromatic amines is 1. The summed E-state index contributed by atoms with van der Waals surface area (Å²) in [6, 6.07) is 4.26. The molecular formula is C23H27N7O2. The zero-order valence-corrected chi connectivity index (χ0v) is 18.5. The fourth-order valence-corrected chi connectivity index (χ4v) is 4.65. The Bertz CT molecular complexity index is 1280. The number of nitrogens with one attached hydrogen (secondary N) is 3. The van der Waals surface area contributed by atoms with Crippen LogP contribution in [-0.4, -0.2) is 48.9 Å². The van der Waals surface area contributed by atoms with Gasteiger partial charge in [-0.3, -0.25) is 4.79 Å². The molecule has 9 nitrogen and oxygen atoms in total. The van der Waals surface area contributed by atoms with Crippen LogP contribution in [0.5, 0.6) is 5.88 Å².